The summed E-state index contributed by atoms with van der Waals surface area (Å²) in [6, 6.07) is 7.27. The van der Waals surface area contributed by atoms with Crippen LogP contribution in [-0.2, 0) is 9.59 Å². The molecule has 0 aliphatic carbocycles. The van der Waals surface area contributed by atoms with Crippen molar-refractivity contribution in [3.8, 4) is 0 Å². The topological polar surface area (TPSA) is 61.4 Å². The number of anilines is 2. The van der Waals surface area contributed by atoms with E-state index in [2.05, 4.69) is 29.4 Å². The molecule has 2 N–H and O–H groups in total. The van der Waals surface area contributed by atoms with Gasteiger partial charge in [-0.05, 0) is 50.6 Å². The fourth-order valence-corrected chi connectivity index (χ4v) is 2.43. The summed E-state index contributed by atoms with van der Waals surface area (Å²) in [6.45, 7) is 8.44. The van der Waals surface area contributed by atoms with Crippen LogP contribution >= 0.6 is 0 Å². The molecule has 5 nitrogen and oxygen atoms in total. The van der Waals surface area contributed by atoms with Crippen LogP contribution in [0.4, 0.5) is 11.4 Å². The van der Waals surface area contributed by atoms with Gasteiger partial charge in [0.2, 0.25) is 11.8 Å². The van der Waals surface area contributed by atoms with Gasteiger partial charge in [-0.3, -0.25) is 14.5 Å². The first-order valence-corrected chi connectivity index (χ1v) is 8.51. The molecule has 0 aliphatic heterocycles. The van der Waals surface area contributed by atoms with Gasteiger partial charge >= 0.3 is 0 Å². The largest absolute Gasteiger partial charge is 0.326 e. The van der Waals surface area contributed by atoms with Crippen molar-refractivity contribution in [3.63, 3.8) is 0 Å². The van der Waals surface area contributed by atoms with Gasteiger partial charge in [-0.2, -0.15) is 0 Å². The number of hydrogen-bond acceptors (Lipinski definition) is 3. The van der Waals surface area contributed by atoms with Crippen LogP contribution in [0, 0.1) is 0 Å². The normalized spacial score (nSPS) is 10.6. The maximum atomic E-state index is 12.2. The minimum absolute atomic E-state index is 0.00644. The van der Waals surface area contributed by atoms with E-state index in [1.807, 2.05) is 25.1 Å². The molecule has 0 atom stereocenters. The van der Waals surface area contributed by atoms with Crippen molar-refractivity contribution >= 4 is 23.2 Å². The molecule has 1 aromatic rings. The van der Waals surface area contributed by atoms with Crippen LogP contribution in [0.15, 0.2) is 24.3 Å². The number of nitrogens with zero attached hydrogens (tertiary/aromatic N) is 1. The molecule has 23 heavy (non-hydrogen) atoms. The van der Waals surface area contributed by atoms with E-state index in [0.717, 1.165) is 32.4 Å². The minimum atomic E-state index is -0.0241. The molecule has 2 amide bonds. The zero-order valence-corrected chi connectivity index (χ0v) is 14.5. The third kappa shape index (κ3) is 7.79. The lowest BCUT2D eigenvalue weighted by Crippen LogP contribution is -2.34. The van der Waals surface area contributed by atoms with Gasteiger partial charge in [-0.15, -0.1) is 0 Å². The standard InChI is InChI=1S/C18H29N3O2/c1-4-8-17(22)19-15-9-7-10-16(13-15)20-18(23)14-21(11-5-2)12-6-3/h7,9-10,13H,4-6,8,11-12,14H2,1-3H3,(H,19,22)(H,20,23). The Bertz CT molecular complexity index is 497. The molecule has 128 valence electrons. The highest BCUT2D eigenvalue weighted by molar-refractivity contribution is 5.94. The smallest absolute Gasteiger partial charge is 0.238 e. The Kier molecular flexibility index (Phi) is 8.98. The van der Waals surface area contributed by atoms with E-state index in [1.165, 1.54) is 0 Å². The summed E-state index contributed by atoms with van der Waals surface area (Å²) in [7, 11) is 0. The second kappa shape index (κ2) is 10.8. The van der Waals surface area contributed by atoms with E-state index in [9.17, 15) is 9.59 Å². The average Bonchev–Trinajstić information content (AvgIpc) is 2.48. The van der Waals surface area contributed by atoms with E-state index < -0.39 is 0 Å². The first-order valence-electron chi connectivity index (χ1n) is 8.51. The second-order valence-corrected chi connectivity index (χ2v) is 5.70. The fraction of sp³-hybridized carbons (Fsp3) is 0.556. The Morgan fingerprint density at radius 2 is 1.48 bits per heavy atom. The van der Waals surface area contributed by atoms with Crippen LogP contribution < -0.4 is 10.6 Å². The highest BCUT2D eigenvalue weighted by Gasteiger charge is 2.10. The van der Waals surface area contributed by atoms with E-state index in [-0.39, 0.29) is 11.8 Å². The van der Waals surface area contributed by atoms with Crippen molar-refractivity contribution < 1.29 is 9.59 Å². The van der Waals surface area contributed by atoms with Gasteiger partial charge in [-0.25, -0.2) is 0 Å². The Morgan fingerprint density at radius 1 is 0.913 bits per heavy atom. The Balaban J connectivity index is 2.58. The lowest BCUT2D eigenvalue weighted by molar-refractivity contribution is -0.117. The van der Waals surface area contributed by atoms with Crippen molar-refractivity contribution in [3.05, 3.63) is 24.3 Å². The zero-order valence-electron chi connectivity index (χ0n) is 14.5. The minimum Gasteiger partial charge on any atom is -0.326 e. The summed E-state index contributed by atoms with van der Waals surface area (Å²) in [4.78, 5) is 26.0. The van der Waals surface area contributed by atoms with Crippen molar-refractivity contribution in [1.29, 1.82) is 0 Å². The van der Waals surface area contributed by atoms with Crippen molar-refractivity contribution in [1.82, 2.24) is 4.90 Å². The molecule has 0 fully saturated rings. The molecule has 0 heterocycles. The number of carbonyl (C=O) groups is 2. The second-order valence-electron chi connectivity index (χ2n) is 5.70. The number of hydrogen-bond donors (Lipinski definition) is 2. The van der Waals surface area contributed by atoms with Crippen LogP contribution in [0.25, 0.3) is 0 Å². The van der Waals surface area contributed by atoms with E-state index in [0.29, 0.717) is 24.3 Å². The highest BCUT2D eigenvalue weighted by Crippen LogP contribution is 2.15. The van der Waals surface area contributed by atoms with Gasteiger partial charge in [0.1, 0.15) is 0 Å². The highest BCUT2D eigenvalue weighted by atomic mass is 16.2. The lowest BCUT2D eigenvalue weighted by atomic mass is 10.2. The summed E-state index contributed by atoms with van der Waals surface area (Å²) >= 11 is 0. The van der Waals surface area contributed by atoms with Crippen LogP contribution in [0.5, 0.6) is 0 Å². The van der Waals surface area contributed by atoms with Crippen LogP contribution in [0.3, 0.4) is 0 Å². The van der Waals surface area contributed by atoms with Crippen LogP contribution in [0.1, 0.15) is 46.5 Å². The zero-order chi connectivity index (χ0) is 17.1. The third-order valence-electron chi connectivity index (χ3n) is 3.35. The number of amides is 2. The van der Waals surface area contributed by atoms with E-state index in [4.69, 9.17) is 0 Å². The quantitative estimate of drug-likeness (QED) is 0.694. The first kappa shape index (κ1) is 19.2. The molecule has 0 spiro atoms. The molecule has 5 heteroatoms. The predicted octanol–water partition coefficient (Wildman–Crippen LogP) is 3.49. The average molecular weight is 319 g/mol. The third-order valence-corrected chi connectivity index (χ3v) is 3.35. The molecule has 1 rings (SSSR count). The molecule has 0 saturated carbocycles. The molecule has 0 unspecified atom stereocenters. The van der Waals surface area contributed by atoms with E-state index in [1.54, 1.807) is 6.07 Å². The molecule has 0 saturated heterocycles. The maximum Gasteiger partial charge on any atom is 0.238 e. The first-order chi connectivity index (χ1) is 11.1. The van der Waals surface area contributed by atoms with Crippen molar-refractivity contribution in [2.45, 2.75) is 46.5 Å². The van der Waals surface area contributed by atoms with Gasteiger partial charge in [0.05, 0.1) is 6.54 Å². The Labute approximate surface area is 139 Å². The Hall–Kier alpha value is -1.88. The van der Waals surface area contributed by atoms with Crippen LogP contribution in [0.2, 0.25) is 0 Å². The molecule has 1 aromatic carbocycles. The maximum absolute atomic E-state index is 12.2. The van der Waals surface area contributed by atoms with E-state index >= 15 is 0 Å². The fourth-order valence-electron chi connectivity index (χ4n) is 2.43. The molecule has 0 aromatic heterocycles. The summed E-state index contributed by atoms with van der Waals surface area (Å²) < 4.78 is 0. The summed E-state index contributed by atoms with van der Waals surface area (Å²) in [5.74, 6) is -0.0306. The van der Waals surface area contributed by atoms with Gasteiger partial charge in [0.15, 0.2) is 0 Å². The number of benzene rings is 1. The van der Waals surface area contributed by atoms with Gasteiger partial charge in [-0.1, -0.05) is 26.8 Å². The van der Waals surface area contributed by atoms with Gasteiger partial charge in [0.25, 0.3) is 0 Å². The molecular weight excluding hydrogens is 290 g/mol. The Morgan fingerprint density at radius 3 is 2.00 bits per heavy atom. The molecule has 0 bridgehead atoms. The number of rotatable bonds is 10. The SMILES string of the molecule is CCCC(=O)Nc1cccc(NC(=O)CN(CCC)CCC)c1. The molecular formula is C18H29N3O2. The summed E-state index contributed by atoms with van der Waals surface area (Å²) in [5, 5.41) is 5.74. The van der Waals surface area contributed by atoms with Crippen molar-refractivity contribution in [2.24, 2.45) is 0 Å². The lowest BCUT2D eigenvalue weighted by Gasteiger charge is -2.20. The number of carbonyl (C=O) groups excluding carboxylic acids is 2. The van der Waals surface area contributed by atoms with Gasteiger partial charge in [0, 0.05) is 17.8 Å². The summed E-state index contributed by atoms with van der Waals surface area (Å²) in [6.07, 6.45) is 3.38. The molecule has 0 aliphatic rings. The monoisotopic (exact) mass is 319 g/mol. The van der Waals surface area contributed by atoms with Crippen molar-refractivity contribution in [2.75, 3.05) is 30.3 Å². The predicted molar refractivity (Wildman–Crippen MR) is 95.6 cm³/mol. The number of nitrogens with one attached hydrogen (secondary N) is 2. The molecule has 0 radical (unpaired) electrons. The summed E-state index contributed by atoms with van der Waals surface area (Å²) in [5.41, 5.74) is 1.41. The van der Waals surface area contributed by atoms with Crippen LogP contribution in [-0.4, -0.2) is 36.3 Å². The van der Waals surface area contributed by atoms with Gasteiger partial charge < -0.3 is 10.6 Å².